The van der Waals surface area contributed by atoms with Crippen LogP contribution >= 0.6 is 7.60 Å². The third-order valence-corrected chi connectivity index (χ3v) is 4.90. The van der Waals surface area contributed by atoms with Crippen LogP contribution in [0.3, 0.4) is 0 Å². The minimum atomic E-state index is -3.23. The van der Waals surface area contributed by atoms with E-state index in [4.69, 9.17) is 13.8 Å². The lowest BCUT2D eigenvalue weighted by Gasteiger charge is -2.20. The first kappa shape index (κ1) is 14.3. The van der Waals surface area contributed by atoms with Gasteiger partial charge in [-0.05, 0) is 19.9 Å². The Bertz CT molecular complexity index is 504. The summed E-state index contributed by atoms with van der Waals surface area (Å²) in [4.78, 5) is 11.7. The Balaban J connectivity index is 2.20. The van der Waals surface area contributed by atoms with E-state index in [-0.39, 0.29) is 12.1 Å². The zero-order valence-electron chi connectivity index (χ0n) is 11.0. The van der Waals surface area contributed by atoms with E-state index in [1.165, 1.54) is 0 Å². The van der Waals surface area contributed by atoms with Crippen molar-refractivity contribution in [3.8, 4) is 0 Å². The minimum absolute atomic E-state index is 0.0530. The van der Waals surface area contributed by atoms with Crippen molar-refractivity contribution < 1.29 is 23.1 Å². The van der Waals surface area contributed by atoms with Crippen LogP contribution in [0.5, 0.6) is 0 Å². The number of fused-ring (bicyclic) bond motifs is 1. The molecule has 0 aromatic heterocycles. The van der Waals surface area contributed by atoms with Crippen LogP contribution in [0.1, 0.15) is 35.9 Å². The fraction of sp³-hybridized carbons (Fsp3) is 0.462. The lowest BCUT2D eigenvalue weighted by Crippen LogP contribution is -2.09. The largest absolute Gasteiger partial charge is 0.453 e. The van der Waals surface area contributed by atoms with Crippen molar-refractivity contribution in [2.24, 2.45) is 0 Å². The van der Waals surface area contributed by atoms with Crippen molar-refractivity contribution >= 4 is 13.6 Å². The summed E-state index contributed by atoms with van der Waals surface area (Å²) in [6.07, 6.45) is -0.509. The Morgan fingerprint density at radius 2 is 1.84 bits per heavy atom. The number of rotatable bonds is 6. The second-order valence-corrected chi connectivity index (χ2v) is 6.21. The van der Waals surface area contributed by atoms with Crippen LogP contribution in [0.15, 0.2) is 24.3 Å². The summed E-state index contributed by atoms with van der Waals surface area (Å²) in [5, 5.41) is 0. The van der Waals surface area contributed by atoms with Gasteiger partial charge in [-0.1, -0.05) is 18.2 Å². The number of hydrogen-bond acceptors (Lipinski definition) is 5. The Morgan fingerprint density at radius 1 is 1.21 bits per heavy atom. The number of esters is 1. The number of ether oxygens (including phenoxy) is 1. The van der Waals surface area contributed by atoms with Gasteiger partial charge in [-0.3, -0.25) is 4.57 Å². The normalized spacial score (nSPS) is 18.2. The Hall–Kier alpha value is -1.16. The maximum atomic E-state index is 12.4. The van der Waals surface area contributed by atoms with Crippen LogP contribution in [-0.2, 0) is 18.3 Å². The van der Waals surface area contributed by atoms with Crippen molar-refractivity contribution in [2.45, 2.75) is 20.0 Å². The summed E-state index contributed by atoms with van der Waals surface area (Å²) in [6, 6.07) is 7.09. The molecule has 0 N–H and O–H groups in total. The molecular weight excluding hydrogens is 267 g/mol. The molecule has 0 spiro atoms. The summed E-state index contributed by atoms with van der Waals surface area (Å²) >= 11 is 0. The second kappa shape index (κ2) is 5.87. The quantitative estimate of drug-likeness (QED) is 0.593. The zero-order chi connectivity index (χ0) is 13.9. The van der Waals surface area contributed by atoms with Gasteiger partial charge in [0.2, 0.25) is 0 Å². The maximum absolute atomic E-state index is 12.4. The van der Waals surface area contributed by atoms with Crippen molar-refractivity contribution in [3.05, 3.63) is 35.4 Å². The summed E-state index contributed by atoms with van der Waals surface area (Å²) < 4.78 is 28.1. The predicted octanol–water partition coefficient (Wildman–Crippen LogP) is 3.16. The van der Waals surface area contributed by atoms with Crippen LogP contribution in [-0.4, -0.2) is 25.3 Å². The minimum Gasteiger partial charge on any atom is -0.453 e. The summed E-state index contributed by atoms with van der Waals surface area (Å²) in [5.74, 6) is -0.389. The Morgan fingerprint density at radius 3 is 2.47 bits per heavy atom. The van der Waals surface area contributed by atoms with Gasteiger partial charge < -0.3 is 13.8 Å². The molecule has 1 aliphatic rings. The average Bonchev–Trinajstić information content (AvgIpc) is 2.67. The maximum Gasteiger partial charge on any atom is 0.339 e. The molecule has 1 aromatic rings. The topological polar surface area (TPSA) is 61.8 Å². The number of carbonyl (C=O) groups excluding carboxylic acids is 1. The SMILES string of the molecule is CCOP(=O)(CC1OC(=O)c2ccccc21)OCC. The van der Waals surface area contributed by atoms with Crippen LogP contribution in [0, 0.1) is 0 Å². The van der Waals surface area contributed by atoms with E-state index in [0.29, 0.717) is 18.8 Å². The first-order valence-corrected chi connectivity index (χ1v) is 8.00. The number of hydrogen-bond donors (Lipinski definition) is 0. The lowest BCUT2D eigenvalue weighted by atomic mass is 10.1. The molecule has 2 rings (SSSR count). The van der Waals surface area contributed by atoms with Gasteiger partial charge in [-0.2, -0.15) is 0 Å². The highest BCUT2D eigenvalue weighted by molar-refractivity contribution is 7.53. The number of carbonyl (C=O) groups is 1. The molecule has 1 aliphatic heterocycles. The van der Waals surface area contributed by atoms with E-state index >= 15 is 0 Å². The molecule has 0 fully saturated rings. The molecule has 19 heavy (non-hydrogen) atoms. The molecular formula is C13H17O5P. The van der Waals surface area contributed by atoms with E-state index in [1.54, 1.807) is 32.0 Å². The molecule has 0 saturated carbocycles. The molecule has 0 radical (unpaired) electrons. The van der Waals surface area contributed by atoms with E-state index in [1.807, 2.05) is 6.07 Å². The van der Waals surface area contributed by atoms with Crippen molar-refractivity contribution in [2.75, 3.05) is 19.4 Å². The fourth-order valence-corrected chi connectivity index (χ4v) is 3.84. The van der Waals surface area contributed by atoms with Crippen molar-refractivity contribution in [1.82, 2.24) is 0 Å². The van der Waals surface area contributed by atoms with E-state index in [2.05, 4.69) is 0 Å². The molecule has 1 unspecified atom stereocenters. The fourth-order valence-electron chi connectivity index (χ4n) is 2.09. The van der Waals surface area contributed by atoms with Gasteiger partial charge >= 0.3 is 13.6 Å². The molecule has 0 saturated heterocycles. The van der Waals surface area contributed by atoms with E-state index in [0.717, 1.165) is 5.56 Å². The third kappa shape index (κ3) is 3.06. The highest BCUT2D eigenvalue weighted by atomic mass is 31.2. The summed E-state index contributed by atoms with van der Waals surface area (Å²) in [6.45, 7) is 4.08. The van der Waals surface area contributed by atoms with Gasteiger partial charge in [-0.15, -0.1) is 0 Å². The molecule has 6 heteroatoms. The lowest BCUT2D eigenvalue weighted by molar-refractivity contribution is 0.0415. The van der Waals surface area contributed by atoms with Gasteiger partial charge in [0, 0.05) is 5.56 Å². The van der Waals surface area contributed by atoms with E-state index < -0.39 is 13.7 Å². The van der Waals surface area contributed by atoms with Crippen LogP contribution in [0.2, 0.25) is 0 Å². The molecule has 0 bridgehead atoms. The molecule has 1 aromatic carbocycles. The molecule has 1 atom stereocenters. The van der Waals surface area contributed by atoms with Crippen LogP contribution in [0.4, 0.5) is 0 Å². The second-order valence-electron chi connectivity index (χ2n) is 4.11. The first-order chi connectivity index (χ1) is 9.09. The van der Waals surface area contributed by atoms with Crippen LogP contribution < -0.4 is 0 Å². The molecule has 0 aliphatic carbocycles. The predicted molar refractivity (Wildman–Crippen MR) is 70.3 cm³/mol. The third-order valence-electron chi connectivity index (χ3n) is 2.82. The molecule has 104 valence electrons. The van der Waals surface area contributed by atoms with Crippen molar-refractivity contribution in [1.29, 1.82) is 0 Å². The smallest absolute Gasteiger partial charge is 0.339 e. The monoisotopic (exact) mass is 284 g/mol. The first-order valence-electron chi connectivity index (χ1n) is 6.27. The number of benzene rings is 1. The standard InChI is InChI=1S/C13H17O5P/c1-3-16-19(15,17-4-2)9-12-10-7-5-6-8-11(10)13(14)18-12/h5-8,12H,3-4,9H2,1-2H3. The van der Waals surface area contributed by atoms with E-state index in [9.17, 15) is 9.36 Å². The van der Waals surface area contributed by atoms with Gasteiger partial charge in [0.15, 0.2) is 0 Å². The van der Waals surface area contributed by atoms with Gasteiger partial charge in [-0.25, -0.2) is 4.79 Å². The summed E-state index contributed by atoms with van der Waals surface area (Å²) in [5.41, 5.74) is 1.26. The Kier molecular flexibility index (Phi) is 4.40. The summed E-state index contributed by atoms with van der Waals surface area (Å²) in [7, 11) is -3.23. The Labute approximate surface area is 112 Å². The average molecular weight is 284 g/mol. The van der Waals surface area contributed by atoms with Gasteiger partial charge in [0.1, 0.15) is 6.10 Å². The highest BCUT2D eigenvalue weighted by Gasteiger charge is 2.37. The molecule has 5 nitrogen and oxygen atoms in total. The molecule has 0 amide bonds. The van der Waals surface area contributed by atoms with Gasteiger partial charge in [0.25, 0.3) is 0 Å². The molecule has 1 heterocycles. The number of cyclic esters (lactones) is 1. The van der Waals surface area contributed by atoms with Gasteiger partial charge in [0.05, 0.1) is 24.9 Å². The zero-order valence-corrected chi connectivity index (χ0v) is 11.9. The highest BCUT2D eigenvalue weighted by Crippen LogP contribution is 2.52. The van der Waals surface area contributed by atoms with Crippen LogP contribution in [0.25, 0.3) is 0 Å². The van der Waals surface area contributed by atoms with Crippen molar-refractivity contribution in [3.63, 3.8) is 0 Å².